The summed E-state index contributed by atoms with van der Waals surface area (Å²) in [7, 11) is 0. The van der Waals surface area contributed by atoms with Gasteiger partial charge in [-0.25, -0.2) is 4.98 Å². The molecule has 5 nitrogen and oxygen atoms in total. The number of fused-ring (bicyclic) bond motifs is 1. The van der Waals surface area contributed by atoms with E-state index in [1.54, 1.807) is 4.90 Å². The highest BCUT2D eigenvalue weighted by Crippen LogP contribution is 2.26. The van der Waals surface area contributed by atoms with Crippen LogP contribution in [0.5, 0.6) is 0 Å². The van der Waals surface area contributed by atoms with Gasteiger partial charge in [0.05, 0.1) is 5.69 Å². The molecule has 126 valence electrons. The van der Waals surface area contributed by atoms with Gasteiger partial charge in [-0.15, -0.1) is 11.3 Å². The quantitative estimate of drug-likeness (QED) is 0.932. The van der Waals surface area contributed by atoms with E-state index in [9.17, 15) is 9.59 Å². The summed E-state index contributed by atoms with van der Waals surface area (Å²) in [6.07, 6.45) is 1.38. The van der Waals surface area contributed by atoms with Crippen LogP contribution in [-0.4, -0.2) is 27.7 Å². The smallest absolute Gasteiger partial charge is 0.249 e. The molecule has 24 heavy (non-hydrogen) atoms. The second-order valence-corrected chi connectivity index (χ2v) is 7.20. The molecule has 0 aliphatic carbocycles. The molecule has 0 saturated heterocycles. The minimum Gasteiger partial charge on any atom is -0.326 e. The first kappa shape index (κ1) is 16.6. The van der Waals surface area contributed by atoms with E-state index in [4.69, 9.17) is 0 Å². The second kappa shape index (κ2) is 6.73. The number of rotatable bonds is 3. The van der Waals surface area contributed by atoms with Gasteiger partial charge in [0, 0.05) is 24.8 Å². The summed E-state index contributed by atoms with van der Waals surface area (Å²) in [4.78, 5) is 32.0. The SMILES string of the molecule is CCc1nc(NC(=O)[C@@H]2Cc3ccccc3CN2C(C)=O)sc1C. The highest BCUT2D eigenvalue weighted by molar-refractivity contribution is 7.15. The first-order valence-corrected chi connectivity index (χ1v) is 8.92. The molecule has 0 bridgehead atoms. The Balaban J connectivity index is 1.82. The van der Waals surface area contributed by atoms with E-state index in [-0.39, 0.29) is 11.8 Å². The van der Waals surface area contributed by atoms with Gasteiger partial charge >= 0.3 is 0 Å². The highest BCUT2D eigenvalue weighted by Gasteiger charge is 2.33. The molecule has 3 rings (SSSR count). The molecule has 6 heteroatoms. The van der Waals surface area contributed by atoms with Crippen LogP contribution in [-0.2, 0) is 29.0 Å². The predicted octanol–water partition coefficient (Wildman–Crippen LogP) is 2.93. The Morgan fingerprint density at radius 3 is 2.67 bits per heavy atom. The lowest BCUT2D eigenvalue weighted by molar-refractivity contribution is -0.138. The van der Waals surface area contributed by atoms with Crippen LogP contribution in [0.4, 0.5) is 5.13 Å². The molecule has 2 heterocycles. The molecule has 1 aromatic carbocycles. The van der Waals surface area contributed by atoms with Crippen LogP contribution >= 0.6 is 11.3 Å². The van der Waals surface area contributed by atoms with E-state index in [2.05, 4.69) is 10.3 Å². The average Bonchev–Trinajstić information content (AvgIpc) is 2.92. The number of amides is 2. The van der Waals surface area contributed by atoms with E-state index in [1.807, 2.05) is 38.1 Å². The number of nitrogens with zero attached hydrogens (tertiary/aromatic N) is 2. The van der Waals surface area contributed by atoms with Crippen molar-refractivity contribution in [3.05, 3.63) is 46.0 Å². The minimum atomic E-state index is -0.494. The molecular formula is C18H21N3O2S. The zero-order chi connectivity index (χ0) is 17.3. The lowest BCUT2D eigenvalue weighted by atomic mass is 9.93. The van der Waals surface area contributed by atoms with Crippen LogP contribution in [0.2, 0.25) is 0 Å². The number of benzene rings is 1. The van der Waals surface area contributed by atoms with Gasteiger partial charge < -0.3 is 10.2 Å². The molecule has 0 unspecified atom stereocenters. The molecule has 1 aliphatic heterocycles. The zero-order valence-corrected chi connectivity index (χ0v) is 14.9. The summed E-state index contributed by atoms with van der Waals surface area (Å²) in [5.41, 5.74) is 3.24. The summed E-state index contributed by atoms with van der Waals surface area (Å²) in [6.45, 7) is 6.03. The van der Waals surface area contributed by atoms with Crippen molar-refractivity contribution in [2.24, 2.45) is 0 Å². The largest absolute Gasteiger partial charge is 0.326 e. The fourth-order valence-corrected chi connectivity index (χ4v) is 3.99. The first-order valence-electron chi connectivity index (χ1n) is 8.10. The van der Waals surface area contributed by atoms with Crippen LogP contribution in [0.1, 0.15) is 35.5 Å². The summed E-state index contributed by atoms with van der Waals surface area (Å²) < 4.78 is 0. The summed E-state index contributed by atoms with van der Waals surface area (Å²) >= 11 is 1.48. The standard InChI is InChI=1S/C18H21N3O2S/c1-4-15-11(2)24-18(19-15)20-17(23)16-9-13-7-5-6-8-14(13)10-21(16)12(3)22/h5-8,16H,4,9-10H2,1-3H3,(H,19,20,23)/t16-/m0/s1. The Morgan fingerprint density at radius 1 is 1.33 bits per heavy atom. The number of hydrogen-bond donors (Lipinski definition) is 1. The topological polar surface area (TPSA) is 62.3 Å². The average molecular weight is 343 g/mol. The van der Waals surface area contributed by atoms with E-state index >= 15 is 0 Å². The first-order chi connectivity index (χ1) is 11.5. The summed E-state index contributed by atoms with van der Waals surface area (Å²) in [5, 5.41) is 3.51. The molecule has 0 fully saturated rings. The van der Waals surface area contributed by atoms with Crippen molar-refractivity contribution in [2.45, 2.75) is 46.2 Å². The fraction of sp³-hybridized carbons (Fsp3) is 0.389. The van der Waals surface area contributed by atoms with Crippen molar-refractivity contribution in [2.75, 3.05) is 5.32 Å². The third kappa shape index (κ3) is 3.19. The molecule has 1 aliphatic rings. The number of aryl methyl sites for hydroxylation is 2. The van der Waals surface area contributed by atoms with Crippen LogP contribution in [0.15, 0.2) is 24.3 Å². The van der Waals surface area contributed by atoms with Crippen LogP contribution in [0, 0.1) is 6.92 Å². The molecule has 0 radical (unpaired) electrons. The monoisotopic (exact) mass is 343 g/mol. The Bertz CT molecular complexity index is 784. The Hall–Kier alpha value is -2.21. The lowest BCUT2D eigenvalue weighted by Gasteiger charge is -2.35. The summed E-state index contributed by atoms with van der Waals surface area (Å²) in [5.74, 6) is -0.259. The lowest BCUT2D eigenvalue weighted by Crippen LogP contribution is -2.49. The zero-order valence-electron chi connectivity index (χ0n) is 14.1. The molecule has 1 N–H and O–H groups in total. The van der Waals surface area contributed by atoms with Crippen molar-refractivity contribution in [1.29, 1.82) is 0 Å². The van der Waals surface area contributed by atoms with Gasteiger partial charge in [0.15, 0.2) is 5.13 Å². The van der Waals surface area contributed by atoms with Crippen molar-refractivity contribution >= 4 is 28.3 Å². The maximum absolute atomic E-state index is 12.8. The summed E-state index contributed by atoms with van der Waals surface area (Å²) in [6, 6.07) is 7.47. The van der Waals surface area contributed by atoms with E-state index < -0.39 is 6.04 Å². The van der Waals surface area contributed by atoms with Crippen molar-refractivity contribution in [1.82, 2.24) is 9.88 Å². The molecule has 1 atom stereocenters. The Labute approximate surface area is 145 Å². The number of carbonyl (C=O) groups is 2. The fourth-order valence-electron chi connectivity index (χ4n) is 3.09. The van der Waals surface area contributed by atoms with Crippen LogP contribution in [0.25, 0.3) is 0 Å². The number of anilines is 1. The maximum atomic E-state index is 12.8. The van der Waals surface area contributed by atoms with E-state index in [0.29, 0.717) is 18.1 Å². The number of aromatic nitrogens is 1. The molecule has 0 saturated carbocycles. The van der Waals surface area contributed by atoms with E-state index in [1.165, 1.54) is 18.3 Å². The van der Waals surface area contributed by atoms with E-state index in [0.717, 1.165) is 28.1 Å². The number of hydrogen-bond acceptors (Lipinski definition) is 4. The van der Waals surface area contributed by atoms with Crippen molar-refractivity contribution in [3.8, 4) is 0 Å². The van der Waals surface area contributed by atoms with Crippen molar-refractivity contribution < 1.29 is 9.59 Å². The van der Waals surface area contributed by atoms with Crippen molar-refractivity contribution in [3.63, 3.8) is 0 Å². The highest BCUT2D eigenvalue weighted by atomic mass is 32.1. The Kier molecular flexibility index (Phi) is 4.66. The number of nitrogens with one attached hydrogen (secondary N) is 1. The van der Waals surface area contributed by atoms with Gasteiger partial charge in [-0.05, 0) is 24.5 Å². The second-order valence-electron chi connectivity index (χ2n) is 6.00. The van der Waals surface area contributed by atoms with Crippen LogP contribution in [0.3, 0.4) is 0 Å². The molecule has 2 aromatic rings. The van der Waals surface area contributed by atoms with Gasteiger partial charge in [-0.2, -0.15) is 0 Å². The Morgan fingerprint density at radius 2 is 2.04 bits per heavy atom. The van der Waals surface area contributed by atoms with Gasteiger partial charge in [-0.3, -0.25) is 9.59 Å². The van der Waals surface area contributed by atoms with Gasteiger partial charge in [0.1, 0.15) is 6.04 Å². The predicted molar refractivity (Wildman–Crippen MR) is 95.0 cm³/mol. The van der Waals surface area contributed by atoms with Gasteiger partial charge in [0.25, 0.3) is 0 Å². The third-order valence-corrected chi connectivity index (χ3v) is 5.34. The minimum absolute atomic E-state index is 0.0887. The number of thiazole rings is 1. The molecule has 1 aromatic heterocycles. The third-order valence-electron chi connectivity index (χ3n) is 4.41. The van der Waals surface area contributed by atoms with Gasteiger partial charge in [0.2, 0.25) is 11.8 Å². The molecule has 0 spiro atoms. The maximum Gasteiger partial charge on any atom is 0.249 e. The normalized spacial score (nSPS) is 16.6. The number of carbonyl (C=O) groups excluding carboxylic acids is 2. The van der Waals surface area contributed by atoms with Crippen LogP contribution < -0.4 is 5.32 Å². The van der Waals surface area contributed by atoms with Gasteiger partial charge in [-0.1, -0.05) is 31.2 Å². The molecular weight excluding hydrogens is 322 g/mol. The molecule has 2 amide bonds.